The molecule has 1 aromatic heterocycles. The summed E-state index contributed by atoms with van der Waals surface area (Å²) in [5.74, 6) is 0.762. The van der Waals surface area contributed by atoms with E-state index in [1.54, 1.807) is 4.90 Å². The molecule has 6 nitrogen and oxygen atoms in total. The molecule has 4 rings (SSSR count). The highest BCUT2D eigenvalue weighted by Gasteiger charge is 2.33. The normalized spacial score (nSPS) is 19.3. The van der Waals surface area contributed by atoms with Gasteiger partial charge in [0.1, 0.15) is 5.60 Å². The number of para-hydroxylation sites is 1. The minimum Gasteiger partial charge on any atom is -0.444 e. The molecular formula is C24H33N3O3. The molecule has 162 valence electrons. The maximum atomic E-state index is 13.0. The maximum Gasteiger partial charge on any atom is 0.410 e. The molecule has 2 aliphatic rings. The van der Waals surface area contributed by atoms with Crippen molar-refractivity contribution in [3.8, 4) is 0 Å². The van der Waals surface area contributed by atoms with Crippen LogP contribution < -0.4 is 0 Å². The summed E-state index contributed by atoms with van der Waals surface area (Å²) in [6, 6.07) is 10.6. The van der Waals surface area contributed by atoms with Gasteiger partial charge in [-0.05, 0) is 64.0 Å². The van der Waals surface area contributed by atoms with E-state index in [2.05, 4.69) is 35.3 Å². The van der Waals surface area contributed by atoms with Gasteiger partial charge < -0.3 is 19.5 Å². The quantitative estimate of drug-likeness (QED) is 0.790. The molecule has 2 fully saturated rings. The van der Waals surface area contributed by atoms with Crippen LogP contribution in [0.15, 0.2) is 30.3 Å². The van der Waals surface area contributed by atoms with Crippen LogP contribution in [0, 0.1) is 5.92 Å². The summed E-state index contributed by atoms with van der Waals surface area (Å²) >= 11 is 0. The number of hydrogen-bond donors (Lipinski definition) is 1. The van der Waals surface area contributed by atoms with Gasteiger partial charge in [-0.15, -0.1) is 0 Å². The Bertz CT molecular complexity index is 865. The van der Waals surface area contributed by atoms with Gasteiger partial charge in [0.2, 0.25) is 5.91 Å². The number of hydrogen-bond acceptors (Lipinski definition) is 3. The molecule has 0 radical (unpaired) electrons. The lowest BCUT2D eigenvalue weighted by molar-refractivity contribution is -0.138. The van der Waals surface area contributed by atoms with Crippen LogP contribution in [-0.2, 0) is 9.53 Å². The zero-order valence-corrected chi connectivity index (χ0v) is 18.3. The molecule has 2 aliphatic heterocycles. The number of amides is 2. The Hall–Kier alpha value is -2.50. The van der Waals surface area contributed by atoms with Crippen LogP contribution in [0.2, 0.25) is 0 Å². The first-order valence-corrected chi connectivity index (χ1v) is 11.1. The first-order valence-electron chi connectivity index (χ1n) is 11.1. The van der Waals surface area contributed by atoms with Crippen molar-refractivity contribution in [3.63, 3.8) is 0 Å². The van der Waals surface area contributed by atoms with Gasteiger partial charge in [0.05, 0.1) is 0 Å². The highest BCUT2D eigenvalue weighted by molar-refractivity contribution is 5.81. The van der Waals surface area contributed by atoms with Crippen LogP contribution in [0.25, 0.3) is 10.9 Å². The van der Waals surface area contributed by atoms with E-state index in [0.717, 1.165) is 38.8 Å². The van der Waals surface area contributed by atoms with Gasteiger partial charge in [-0.25, -0.2) is 4.79 Å². The lowest BCUT2D eigenvalue weighted by Crippen LogP contribution is -2.47. The van der Waals surface area contributed by atoms with Crippen molar-refractivity contribution in [2.45, 2.75) is 58.0 Å². The molecule has 0 aliphatic carbocycles. The Balaban J connectivity index is 1.27. The zero-order chi connectivity index (χ0) is 21.3. The van der Waals surface area contributed by atoms with Crippen LogP contribution in [0.1, 0.15) is 58.1 Å². The lowest BCUT2D eigenvalue weighted by Gasteiger charge is -2.37. The molecule has 0 saturated carbocycles. The number of fused-ring (bicyclic) bond motifs is 1. The number of aromatic nitrogens is 1. The van der Waals surface area contributed by atoms with E-state index in [1.807, 2.05) is 25.7 Å². The monoisotopic (exact) mass is 411 g/mol. The molecule has 0 unspecified atom stereocenters. The number of nitrogens with one attached hydrogen (secondary N) is 1. The van der Waals surface area contributed by atoms with E-state index in [1.165, 1.54) is 16.6 Å². The van der Waals surface area contributed by atoms with Gasteiger partial charge in [-0.3, -0.25) is 4.79 Å². The SMILES string of the molecule is CC(C)(C)OC(=O)N1CCC(C(=O)N2CCC(c3cc4ccccc4[nH]3)CC2)CC1. The summed E-state index contributed by atoms with van der Waals surface area (Å²) in [4.78, 5) is 32.6. The minimum absolute atomic E-state index is 0.0216. The third kappa shape index (κ3) is 4.63. The number of aromatic amines is 1. The molecule has 30 heavy (non-hydrogen) atoms. The molecule has 2 saturated heterocycles. The van der Waals surface area contributed by atoms with Crippen LogP contribution in [0.3, 0.4) is 0 Å². The Kier molecular flexibility index (Phi) is 5.76. The van der Waals surface area contributed by atoms with Gasteiger partial charge in [-0.2, -0.15) is 0 Å². The third-order valence-corrected chi connectivity index (χ3v) is 6.29. The molecule has 0 bridgehead atoms. The van der Waals surface area contributed by atoms with E-state index in [0.29, 0.717) is 19.0 Å². The molecule has 1 N–H and O–H groups in total. The predicted octanol–water partition coefficient (Wildman–Crippen LogP) is 4.52. The average molecular weight is 412 g/mol. The summed E-state index contributed by atoms with van der Waals surface area (Å²) in [5, 5.41) is 1.25. The van der Waals surface area contributed by atoms with E-state index in [-0.39, 0.29) is 17.9 Å². The second kappa shape index (κ2) is 8.32. The van der Waals surface area contributed by atoms with Crippen LogP contribution in [0.5, 0.6) is 0 Å². The zero-order valence-electron chi connectivity index (χ0n) is 18.3. The Morgan fingerprint density at radius 2 is 1.60 bits per heavy atom. The summed E-state index contributed by atoms with van der Waals surface area (Å²) in [7, 11) is 0. The third-order valence-electron chi connectivity index (χ3n) is 6.29. The fourth-order valence-corrected chi connectivity index (χ4v) is 4.62. The highest BCUT2D eigenvalue weighted by Crippen LogP contribution is 2.31. The predicted molar refractivity (Wildman–Crippen MR) is 117 cm³/mol. The first kappa shape index (κ1) is 20.8. The minimum atomic E-state index is -0.487. The Labute approximate surface area is 178 Å². The molecule has 6 heteroatoms. The fourth-order valence-electron chi connectivity index (χ4n) is 4.62. The number of likely N-dealkylation sites (tertiary alicyclic amines) is 2. The van der Waals surface area contributed by atoms with Gasteiger partial charge >= 0.3 is 6.09 Å². The van der Waals surface area contributed by atoms with Crippen LogP contribution in [-0.4, -0.2) is 58.6 Å². The summed E-state index contributed by atoms with van der Waals surface area (Å²) in [6.45, 7) is 8.44. The highest BCUT2D eigenvalue weighted by atomic mass is 16.6. The van der Waals surface area contributed by atoms with Gasteiger partial charge in [-0.1, -0.05) is 18.2 Å². The average Bonchev–Trinajstić information content (AvgIpc) is 3.16. The number of H-pyrrole nitrogens is 1. The number of benzene rings is 1. The molecule has 2 aromatic rings. The second-order valence-electron chi connectivity index (χ2n) is 9.65. The molecule has 3 heterocycles. The van der Waals surface area contributed by atoms with Gasteiger partial charge in [0, 0.05) is 49.2 Å². The van der Waals surface area contributed by atoms with Crippen molar-refractivity contribution >= 4 is 22.9 Å². The van der Waals surface area contributed by atoms with Crippen LogP contribution >= 0.6 is 0 Å². The van der Waals surface area contributed by atoms with Crippen molar-refractivity contribution in [2.24, 2.45) is 5.92 Å². The number of ether oxygens (including phenoxy) is 1. The van der Waals surface area contributed by atoms with Crippen molar-refractivity contribution in [2.75, 3.05) is 26.2 Å². The van der Waals surface area contributed by atoms with E-state index in [4.69, 9.17) is 4.74 Å². The summed E-state index contributed by atoms with van der Waals surface area (Å²) in [5.41, 5.74) is 1.98. The van der Waals surface area contributed by atoms with E-state index in [9.17, 15) is 9.59 Å². The van der Waals surface area contributed by atoms with Crippen LogP contribution in [0.4, 0.5) is 4.79 Å². The second-order valence-corrected chi connectivity index (χ2v) is 9.65. The number of nitrogens with zero attached hydrogens (tertiary/aromatic N) is 2. The summed E-state index contributed by atoms with van der Waals surface area (Å²) < 4.78 is 5.45. The number of carbonyl (C=O) groups excluding carboxylic acids is 2. The molecular weight excluding hydrogens is 378 g/mol. The topological polar surface area (TPSA) is 65.6 Å². The standard InChI is InChI=1S/C24H33N3O3/c1-24(2,3)30-23(29)27-14-10-18(11-15-27)22(28)26-12-8-17(9-13-26)21-16-19-6-4-5-7-20(19)25-21/h4-7,16-18,25H,8-15H2,1-3H3. The van der Waals surface area contributed by atoms with E-state index >= 15 is 0 Å². The fraction of sp³-hybridized carbons (Fsp3) is 0.583. The maximum absolute atomic E-state index is 13.0. The van der Waals surface area contributed by atoms with Gasteiger partial charge in [0.25, 0.3) is 0 Å². The van der Waals surface area contributed by atoms with Crippen molar-refractivity contribution < 1.29 is 14.3 Å². The molecule has 0 spiro atoms. The molecule has 2 amide bonds. The van der Waals surface area contributed by atoms with Gasteiger partial charge in [0.15, 0.2) is 0 Å². The van der Waals surface area contributed by atoms with Crippen molar-refractivity contribution in [1.82, 2.24) is 14.8 Å². The first-order chi connectivity index (χ1) is 14.3. The summed E-state index contributed by atoms with van der Waals surface area (Å²) in [6.07, 6.45) is 3.16. The van der Waals surface area contributed by atoms with Crippen molar-refractivity contribution in [1.29, 1.82) is 0 Å². The smallest absolute Gasteiger partial charge is 0.410 e. The Morgan fingerprint density at radius 3 is 2.23 bits per heavy atom. The van der Waals surface area contributed by atoms with E-state index < -0.39 is 5.60 Å². The van der Waals surface area contributed by atoms with Crippen molar-refractivity contribution in [3.05, 3.63) is 36.0 Å². The lowest BCUT2D eigenvalue weighted by atomic mass is 9.90. The number of carbonyl (C=O) groups is 2. The number of rotatable bonds is 2. The number of piperidine rings is 2. The molecule has 1 aromatic carbocycles. The molecule has 0 atom stereocenters. The largest absolute Gasteiger partial charge is 0.444 e. The Morgan fingerprint density at radius 1 is 0.967 bits per heavy atom.